The molecule has 0 bridgehead atoms. The van der Waals surface area contributed by atoms with Gasteiger partial charge in [-0.25, -0.2) is 0 Å². The van der Waals surface area contributed by atoms with Crippen LogP contribution >= 0.6 is 31.9 Å². The lowest BCUT2D eigenvalue weighted by atomic mass is 10.1. The zero-order valence-electron chi connectivity index (χ0n) is 11.0. The second-order valence-corrected chi connectivity index (χ2v) is 6.54. The molecule has 1 saturated heterocycles. The van der Waals surface area contributed by atoms with Crippen LogP contribution in [0.5, 0.6) is 0 Å². The number of rotatable bonds is 2. The minimum Gasteiger partial charge on any atom is -0.367 e. The normalized spacial score (nSPS) is 22.0. The number of nitrogens with zero attached hydrogens (tertiary/aromatic N) is 2. The Morgan fingerprint density at radius 2 is 2.11 bits per heavy atom. The Morgan fingerprint density at radius 1 is 1.33 bits per heavy atom. The zero-order chi connectivity index (χ0) is 13.1. The van der Waals surface area contributed by atoms with Crippen molar-refractivity contribution in [3.8, 4) is 0 Å². The van der Waals surface area contributed by atoms with Crippen molar-refractivity contribution in [2.75, 3.05) is 31.6 Å². The van der Waals surface area contributed by atoms with Crippen molar-refractivity contribution < 1.29 is 0 Å². The van der Waals surface area contributed by atoms with Gasteiger partial charge >= 0.3 is 0 Å². The third-order valence-electron chi connectivity index (χ3n) is 3.54. The Morgan fingerprint density at radius 3 is 2.83 bits per heavy atom. The van der Waals surface area contributed by atoms with E-state index in [0.29, 0.717) is 6.04 Å². The first-order valence-electron chi connectivity index (χ1n) is 6.41. The molecule has 0 radical (unpaired) electrons. The molecule has 1 fully saturated rings. The number of likely N-dealkylation sites (N-methyl/N-ethyl adjacent to an activating group) is 1. The van der Waals surface area contributed by atoms with Gasteiger partial charge in [0, 0.05) is 34.6 Å². The molecule has 1 unspecified atom stereocenters. The summed E-state index contributed by atoms with van der Waals surface area (Å²) in [5.74, 6) is 0. The number of alkyl halides is 1. The molecule has 1 aromatic rings. The van der Waals surface area contributed by atoms with E-state index in [0.717, 1.165) is 22.9 Å². The van der Waals surface area contributed by atoms with Gasteiger partial charge in [0.1, 0.15) is 0 Å². The van der Waals surface area contributed by atoms with E-state index in [1.54, 1.807) is 0 Å². The minimum atomic E-state index is 0.566. The Kier molecular flexibility index (Phi) is 5.10. The molecule has 0 N–H and O–H groups in total. The Labute approximate surface area is 127 Å². The summed E-state index contributed by atoms with van der Waals surface area (Å²) >= 11 is 7.16. The average molecular weight is 376 g/mol. The first-order valence-corrected chi connectivity index (χ1v) is 8.33. The summed E-state index contributed by atoms with van der Waals surface area (Å²) in [6, 6.07) is 7.16. The molecule has 2 nitrogen and oxygen atoms in total. The fraction of sp³-hybridized carbons (Fsp3) is 0.571. The third kappa shape index (κ3) is 3.28. The molecular weight excluding hydrogens is 356 g/mol. The van der Waals surface area contributed by atoms with Crippen LogP contribution in [0.15, 0.2) is 22.7 Å². The quantitative estimate of drug-likeness (QED) is 0.724. The molecule has 2 rings (SSSR count). The van der Waals surface area contributed by atoms with Gasteiger partial charge in [0.25, 0.3) is 0 Å². The molecule has 0 aliphatic carbocycles. The van der Waals surface area contributed by atoms with Gasteiger partial charge in [-0.2, -0.15) is 0 Å². The predicted octanol–water partition coefficient (Wildman–Crippen LogP) is 3.87. The maximum absolute atomic E-state index is 3.60. The van der Waals surface area contributed by atoms with Crippen molar-refractivity contribution in [1.82, 2.24) is 4.90 Å². The fourth-order valence-corrected chi connectivity index (χ4v) is 3.53. The molecule has 1 heterocycles. The lowest BCUT2D eigenvalue weighted by Gasteiger charge is -2.31. The lowest BCUT2D eigenvalue weighted by Crippen LogP contribution is -2.38. The molecule has 0 spiro atoms. The van der Waals surface area contributed by atoms with E-state index < -0.39 is 0 Å². The van der Waals surface area contributed by atoms with Gasteiger partial charge in [-0.05, 0) is 50.7 Å². The largest absolute Gasteiger partial charge is 0.367 e. The van der Waals surface area contributed by atoms with Crippen LogP contribution in [-0.4, -0.2) is 37.6 Å². The summed E-state index contributed by atoms with van der Waals surface area (Å²) in [4.78, 5) is 4.98. The van der Waals surface area contributed by atoms with Gasteiger partial charge in [-0.1, -0.05) is 31.9 Å². The van der Waals surface area contributed by atoms with Crippen LogP contribution in [0, 0.1) is 0 Å². The van der Waals surface area contributed by atoms with Gasteiger partial charge < -0.3 is 9.80 Å². The molecule has 0 amide bonds. The highest BCUT2D eigenvalue weighted by atomic mass is 79.9. The van der Waals surface area contributed by atoms with Crippen molar-refractivity contribution in [3.63, 3.8) is 0 Å². The molecule has 1 atom stereocenters. The Balaban J connectivity index is 2.29. The standard InChI is InChI=1S/C14H20Br2N2/c1-11-10-17(2)6-3-7-18(11)14-5-4-13(16)8-12(14)9-15/h4-5,8,11H,3,6-7,9-10H2,1-2H3. The monoisotopic (exact) mass is 374 g/mol. The van der Waals surface area contributed by atoms with Crippen LogP contribution in [0.2, 0.25) is 0 Å². The molecule has 100 valence electrons. The summed E-state index contributed by atoms with van der Waals surface area (Å²) in [5, 5.41) is 0.904. The van der Waals surface area contributed by atoms with Crippen molar-refractivity contribution in [2.24, 2.45) is 0 Å². The highest BCUT2D eigenvalue weighted by molar-refractivity contribution is 9.10. The molecule has 4 heteroatoms. The van der Waals surface area contributed by atoms with E-state index in [1.807, 2.05) is 0 Å². The van der Waals surface area contributed by atoms with Crippen molar-refractivity contribution in [3.05, 3.63) is 28.2 Å². The highest BCUT2D eigenvalue weighted by Gasteiger charge is 2.21. The summed E-state index contributed by atoms with van der Waals surface area (Å²) in [6.45, 7) is 5.80. The van der Waals surface area contributed by atoms with E-state index in [4.69, 9.17) is 0 Å². The van der Waals surface area contributed by atoms with E-state index in [1.165, 1.54) is 24.2 Å². The SMILES string of the molecule is CC1CN(C)CCCN1c1ccc(Br)cc1CBr. The van der Waals surface area contributed by atoms with Gasteiger partial charge in [0.15, 0.2) is 0 Å². The second-order valence-electron chi connectivity index (χ2n) is 5.06. The van der Waals surface area contributed by atoms with Crippen molar-refractivity contribution >= 4 is 37.5 Å². The third-order valence-corrected chi connectivity index (χ3v) is 4.64. The fourth-order valence-electron chi connectivity index (χ4n) is 2.67. The van der Waals surface area contributed by atoms with E-state index >= 15 is 0 Å². The topological polar surface area (TPSA) is 6.48 Å². The lowest BCUT2D eigenvalue weighted by molar-refractivity contribution is 0.337. The first-order chi connectivity index (χ1) is 8.61. The van der Waals surface area contributed by atoms with Gasteiger partial charge in [-0.3, -0.25) is 0 Å². The Bertz CT molecular complexity index is 409. The van der Waals surface area contributed by atoms with Gasteiger partial charge in [0.05, 0.1) is 0 Å². The molecular formula is C14H20Br2N2. The number of hydrogen-bond donors (Lipinski definition) is 0. The van der Waals surface area contributed by atoms with Crippen LogP contribution in [-0.2, 0) is 5.33 Å². The molecule has 1 aliphatic rings. The summed E-state index contributed by atoms with van der Waals surface area (Å²) in [5.41, 5.74) is 2.73. The van der Waals surface area contributed by atoms with Crippen LogP contribution in [0.1, 0.15) is 18.9 Å². The molecule has 0 aromatic heterocycles. The predicted molar refractivity (Wildman–Crippen MR) is 85.7 cm³/mol. The first kappa shape index (κ1) is 14.4. The molecule has 1 aliphatic heterocycles. The molecule has 0 saturated carbocycles. The number of halogens is 2. The second kappa shape index (κ2) is 6.40. The number of anilines is 1. The summed E-state index contributed by atoms with van der Waals surface area (Å²) in [6.07, 6.45) is 1.23. The summed E-state index contributed by atoms with van der Waals surface area (Å²) < 4.78 is 1.15. The van der Waals surface area contributed by atoms with E-state index in [2.05, 4.69) is 73.8 Å². The molecule has 18 heavy (non-hydrogen) atoms. The molecule has 1 aromatic carbocycles. The van der Waals surface area contributed by atoms with Crippen LogP contribution in [0.3, 0.4) is 0 Å². The van der Waals surface area contributed by atoms with Crippen LogP contribution < -0.4 is 4.90 Å². The maximum atomic E-state index is 3.60. The van der Waals surface area contributed by atoms with Gasteiger partial charge in [0.2, 0.25) is 0 Å². The van der Waals surface area contributed by atoms with Crippen molar-refractivity contribution in [1.29, 1.82) is 0 Å². The maximum Gasteiger partial charge on any atom is 0.0410 e. The zero-order valence-corrected chi connectivity index (χ0v) is 14.2. The Hall–Kier alpha value is -0.0600. The van der Waals surface area contributed by atoms with E-state index in [9.17, 15) is 0 Å². The van der Waals surface area contributed by atoms with Gasteiger partial charge in [-0.15, -0.1) is 0 Å². The van der Waals surface area contributed by atoms with E-state index in [-0.39, 0.29) is 0 Å². The highest BCUT2D eigenvalue weighted by Crippen LogP contribution is 2.29. The van der Waals surface area contributed by atoms with Crippen LogP contribution in [0.4, 0.5) is 5.69 Å². The number of hydrogen-bond acceptors (Lipinski definition) is 2. The smallest absolute Gasteiger partial charge is 0.0410 e. The van der Waals surface area contributed by atoms with Crippen molar-refractivity contribution in [2.45, 2.75) is 24.7 Å². The number of benzene rings is 1. The minimum absolute atomic E-state index is 0.566. The average Bonchev–Trinajstić information content (AvgIpc) is 2.50. The summed E-state index contributed by atoms with van der Waals surface area (Å²) in [7, 11) is 2.22. The van der Waals surface area contributed by atoms with Crippen LogP contribution in [0.25, 0.3) is 0 Å².